The largest absolute Gasteiger partial charge is 0.454 e. The van der Waals surface area contributed by atoms with E-state index in [1.165, 1.54) is 37.4 Å². The minimum absolute atomic E-state index is 0.0405. The normalized spacial score (nSPS) is 16.9. The van der Waals surface area contributed by atoms with Gasteiger partial charge in [0.1, 0.15) is 16.7 Å². The molecule has 1 atom stereocenters. The van der Waals surface area contributed by atoms with Crippen LogP contribution in [0.5, 0.6) is 11.6 Å². The molecule has 0 aliphatic carbocycles. The highest BCUT2D eigenvalue weighted by atomic mass is 35.5. The van der Waals surface area contributed by atoms with E-state index in [-0.39, 0.29) is 33.2 Å². The van der Waals surface area contributed by atoms with Crippen LogP contribution < -0.4 is 4.74 Å². The summed E-state index contributed by atoms with van der Waals surface area (Å²) >= 11 is 5.78. The predicted molar refractivity (Wildman–Crippen MR) is 102 cm³/mol. The Morgan fingerprint density at radius 1 is 1.27 bits per heavy atom. The molecule has 2 aromatic rings. The zero-order valence-corrected chi connectivity index (χ0v) is 17.2. The van der Waals surface area contributed by atoms with Gasteiger partial charge in [0.2, 0.25) is 5.88 Å². The third kappa shape index (κ3) is 5.11. The first-order valence-electron chi connectivity index (χ1n) is 8.47. The lowest BCUT2D eigenvalue weighted by Gasteiger charge is -2.14. The minimum Gasteiger partial charge on any atom is -0.454 e. The van der Waals surface area contributed by atoms with E-state index >= 15 is 0 Å². The van der Waals surface area contributed by atoms with Crippen LogP contribution in [0.15, 0.2) is 41.4 Å². The number of aryl methyl sites for hydroxylation is 1. The third-order valence-corrected chi connectivity index (χ3v) is 5.59. The Labute approximate surface area is 175 Å². The number of nitrogens with zero attached hydrogens (tertiary/aromatic N) is 1. The zero-order valence-electron chi connectivity index (χ0n) is 15.7. The van der Waals surface area contributed by atoms with E-state index in [9.17, 15) is 26.4 Å². The number of pyridine rings is 1. The Bertz CT molecular complexity index is 1130. The summed E-state index contributed by atoms with van der Waals surface area (Å²) in [5.41, 5.74) is 0.298. The molecule has 0 amide bonds. The summed E-state index contributed by atoms with van der Waals surface area (Å²) in [7, 11) is -3.74. The van der Waals surface area contributed by atoms with Gasteiger partial charge in [-0.3, -0.25) is 0 Å². The summed E-state index contributed by atoms with van der Waals surface area (Å²) in [6.45, 7) is 1.48. The molecule has 2 heterocycles. The number of alkyl halides is 3. The van der Waals surface area contributed by atoms with E-state index in [0.717, 1.165) is 12.3 Å². The summed E-state index contributed by atoms with van der Waals surface area (Å²) in [4.78, 5) is 15.9. The number of hydrogen-bond donors (Lipinski definition) is 0. The lowest BCUT2D eigenvalue weighted by molar-refractivity contribution is -0.160. The molecule has 1 aromatic heterocycles. The van der Waals surface area contributed by atoms with E-state index < -0.39 is 34.5 Å². The van der Waals surface area contributed by atoms with E-state index in [1.54, 1.807) is 0 Å². The minimum atomic E-state index is -4.51. The monoisotopic (exact) mass is 461 g/mol. The zero-order chi connectivity index (χ0) is 22.3. The number of ether oxygens (including phenoxy) is 2. The van der Waals surface area contributed by atoms with E-state index in [2.05, 4.69) is 4.98 Å². The highest BCUT2D eigenvalue weighted by Gasteiger charge is 2.37. The van der Waals surface area contributed by atoms with Gasteiger partial charge in [0.15, 0.2) is 9.84 Å². The molecule has 3 rings (SSSR count). The van der Waals surface area contributed by atoms with Gasteiger partial charge >= 0.3 is 12.1 Å². The number of carbonyl (C=O) groups excluding carboxylic acids is 1. The number of aromatic nitrogens is 1. The van der Waals surface area contributed by atoms with Crippen molar-refractivity contribution < 1.29 is 35.9 Å². The number of esters is 1. The first kappa shape index (κ1) is 22.1. The summed E-state index contributed by atoms with van der Waals surface area (Å²) in [6.07, 6.45) is -3.94. The second kappa shape index (κ2) is 7.92. The number of carbonyl (C=O) groups is 1. The van der Waals surface area contributed by atoms with Crippen LogP contribution in [0.3, 0.4) is 0 Å². The summed E-state index contributed by atoms with van der Waals surface area (Å²) < 4.78 is 72.8. The molecule has 30 heavy (non-hydrogen) atoms. The molecule has 0 spiro atoms. The molecular weight excluding hydrogens is 447 g/mol. The van der Waals surface area contributed by atoms with E-state index in [0.29, 0.717) is 5.02 Å². The standard InChI is InChI=1S/C19H15ClF3NO5S/c1-10-5-11(14-7-13(28-18(14)25)8-19(21,22)23)6-15(17(10)30(2,26)27)29-16-4-3-12(20)9-24-16/h3-7,9,13H,8H2,1-2H3/t13-/m0/s1. The van der Waals surface area contributed by atoms with Crippen molar-refractivity contribution in [2.45, 2.75) is 30.5 Å². The fraction of sp³-hybridized carbons (Fsp3) is 0.263. The number of sulfone groups is 1. The van der Waals surface area contributed by atoms with Crippen LogP contribution in [-0.4, -0.2) is 37.9 Å². The summed E-state index contributed by atoms with van der Waals surface area (Å²) in [6, 6.07) is 5.53. The fourth-order valence-electron chi connectivity index (χ4n) is 3.02. The average Bonchev–Trinajstić information content (AvgIpc) is 2.93. The van der Waals surface area contributed by atoms with Crippen LogP contribution in [0.4, 0.5) is 13.2 Å². The number of rotatable bonds is 5. The van der Waals surface area contributed by atoms with Crippen molar-refractivity contribution in [2.24, 2.45) is 0 Å². The molecule has 6 nitrogen and oxygen atoms in total. The maximum atomic E-state index is 12.6. The third-order valence-electron chi connectivity index (χ3n) is 4.10. The van der Waals surface area contributed by atoms with Crippen molar-refractivity contribution in [1.82, 2.24) is 4.98 Å². The molecule has 0 unspecified atom stereocenters. The van der Waals surface area contributed by atoms with E-state index in [1.807, 2.05) is 0 Å². The van der Waals surface area contributed by atoms with Gasteiger partial charge in [-0.25, -0.2) is 18.2 Å². The predicted octanol–water partition coefficient (Wildman–Crippen LogP) is 4.50. The second-order valence-electron chi connectivity index (χ2n) is 6.65. The molecule has 0 radical (unpaired) electrons. The number of hydrogen-bond acceptors (Lipinski definition) is 6. The SMILES string of the molecule is Cc1cc(C2=C[C@@H](CC(F)(F)F)OC2=O)cc(Oc2ccc(Cl)cn2)c1S(C)(=O)=O. The van der Waals surface area contributed by atoms with Crippen LogP contribution in [0.2, 0.25) is 5.02 Å². The lowest BCUT2D eigenvalue weighted by atomic mass is 10.0. The molecule has 0 saturated carbocycles. The first-order chi connectivity index (χ1) is 13.8. The molecule has 1 aliphatic heterocycles. The topological polar surface area (TPSA) is 82.6 Å². The van der Waals surface area contributed by atoms with Crippen molar-refractivity contribution in [2.75, 3.05) is 6.26 Å². The van der Waals surface area contributed by atoms with Crippen LogP contribution >= 0.6 is 11.6 Å². The fourth-order valence-corrected chi connectivity index (χ4v) is 4.24. The first-order valence-corrected chi connectivity index (χ1v) is 10.7. The second-order valence-corrected chi connectivity index (χ2v) is 9.04. The van der Waals surface area contributed by atoms with Crippen molar-refractivity contribution in [3.63, 3.8) is 0 Å². The molecule has 0 bridgehead atoms. The molecule has 0 fully saturated rings. The highest BCUT2D eigenvalue weighted by molar-refractivity contribution is 7.90. The number of benzene rings is 1. The Kier molecular flexibility index (Phi) is 5.83. The van der Waals surface area contributed by atoms with Gasteiger partial charge in [0.05, 0.1) is 17.0 Å². The Balaban J connectivity index is 2.07. The van der Waals surface area contributed by atoms with Gasteiger partial charge in [-0.2, -0.15) is 13.2 Å². The van der Waals surface area contributed by atoms with Gasteiger partial charge in [0, 0.05) is 18.5 Å². The maximum absolute atomic E-state index is 12.6. The highest BCUT2D eigenvalue weighted by Crippen LogP contribution is 2.37. The van der Waals surface area contributed by atoms with Gasteiger partial charge in [-0.1, -0.05) is 11.6 Å². The van der Waals surface area contributed by atoms with Crippen molar-refractivity contribution >= 4 is 33.0 Å². The average molecular weight is 462 g/mol. The van der Waals surface area contributed by atoms with Crippen LogP contribution in [-0.2, 0) is 19.4 Å². The summed E-state index contributed by atoms with van der Waals surface area (Å²) in [5.74, 6) is -1.03. The van der Waals surface area contributed by atoms with Gasteiger partial charge in [0.25, 0.3) is 0 Å². The van der Waals surface area contributed by atoms with Crippen molar-refractivity contribution in [3.05, 3.63) is 52.7 Å². The Morgan fingerprint density at radius 2 is 1.97 bits per heavy atom. The van der Waals surface area contributed by atoms with Crippen LogP contribution in [0.1, 0.15) is 17.5 Å². The number of halogens is 4. The molecule has 0 saturated heterocycles. The summed E-state index contributed by atoms with van der Waals surface area (Å²) in [5, 5.41) is 0.338. The smallest absolute Gasteiger partial charge is 0.392 e. The Morgan fingerprint density at radius 3 is 2.53 bits per heavy atom. The van der Waals surface area contributed by atoms with Crippen LogP contribution in [0, 0.1) is 6.92 Å². The van der Waals surface area contributed by atoms with Gasteiger partial charge in [-0.15, -0.1) is 0 Å². The molecule has 0 N–H and O–H groups in total. The maximum Gasteiger partial charge on any atom is 0.392 e. The van der Waals surface area contributed by atoms with E-state index in [4.69, 9.17) is 21.1 Å². The van der Waals surface area contributed by atoms with Gasteiger partial charge < -0.3 is 9.47 Å². The lowest BCUT2D eigenvalue weighted by Crippen LogP contribution is -2.19. The quantitative estimate of drug-likeness (QED) is 0.610. The number of cyclic esters (lactones) is 1. The molecule has 1 aromatic carbocycles. The molecule has 1 aliphatic rings. The van der Waals surface area contributed by atoms with Crippen molar-refractivity contribution in [3.8, 4) is 11.6 Å². The van der Waals surface area contributed by atoms with Gasteiger partial charge in [-0.05, 0) is 42.3 Å². The Hall–Kier alpha value is -2.59. The van der Waals surface area contributed by atoms with Crippen LogP contribution in [0.25, 0.3) is 5.57 Å². The molecule has 160 valence electrons. The molecular formula is C19H15ClF3NO5S. The van der Waals surface area contributed by atoms with Crippen molar-refractivity contribution in [1.29, 1.82) is 0 Å². The molecule has 11 heteroatoms.